The maximum Gasteiger partial charge on any atom is 0.259 e. The van der Waals surface area contributed by atoms with Crippen LogP contribution in [0.4, 0.5) is 11.5 Å². The van der Waals surface area contributed by atoms with Gasteiger partial charge in [0, 0.05) is 25.0 Å². The van der Waals surface area contributed by atoms with Crippen molar-refractivity contribution in [3.05, 3.63) is 53.2 Å². The number of ether oxygens (including phenoxy) is 1. The quantitative estimate of drug-likeness (QED) is 0.947. The van der Waals surface area contributed by atoms with E-state index in [1.54, 1.807) is 12.3 Å². The first-order valence-corrected chi connectivity index (χ1v) is 7.81. The molecule has 1 fully saturated rings. The SMILES string of the molecule is Cc1ccc(C)c(NC(=O)c2cccnc2N2CCOCC2)c1. The molecule has 5 heteroatoms. The molecular formula is C18H21N3O2. The summed E-state index contributed by atoms with van der Waals surface area (Å²) in [5.41, 5.74) is 3.59. The zero-order valence-electron chi connectivity index (χ0n) is 13.5. The van der Waals surface area contributed by atoms with Crippen molar-refractivity contribution < 1.29 is 9.53 Å². The molecule has 0 atom stereocenters. The standard InChI is InChI=1S/C18H21N3O2/c1-13-5-6-14(2)16(12-13)20-18(22)15-4-3-7-19-17(15)21-8-10-23-11-9-21/h3-7,12H,8-11H2,1-2H3,(H,20,22). The maximum absolute atomic E-state index is 12.7. The van der Waals surface area contributed by atoms with Crippen LogP contribution in [0.15, 0.2) is 36.5 Å². The molecule has 2 aromatic rings. The van der Waals surface area contributed by atoms with Gasteiger partial charge in [0.05, 0.1) is 18.8 Å². The average Bonchev–Trinajstić information content (AvgIpc) is 2.59. The Balaban J connectivity index is 1.86. The van der Waals surface area contributed by atoms with Crippen LogP contribution >= 0.6 is 0 Å². The first kappa shape index (κ1) is 15.5. The van der Waals surface area contributed by atoms with E-state index in [4.69, 9.17) is 4.74 Å². The van der Waals surface area contributed by atoms with Crippen LogP contribution in [-0.2, 0) is 4.74 Å². The summed E-state index contributed by atoms with van der Waals surface area (Å²) < 4.78 is 5.38. The molecule has 0 aliphatic carbocycles. The number of hydrogen-bond acceptors (Lipinski definition) is 4. The van der Waals surface area contributed by atoms with Gasteiger partial charge in [0.25, 0.3) is 5.91 Å². The molecule has 0 spiro atoms. The van der Waals surface area contributed by atoms with E-state index >= 15 is 0 Å². The molecule has 2 heterocycles. The van der Waals surface area contributed by atoms with Gasteiger partial charge in [-0.25, -0.2) is 4.98 Å². The number of amides is 1. The monoisotopic (exact) mass is 311 g/mol. The van der Waals surface area contributed by atoms with Gasteiger partial charge in [-0.1, -0.05) is 12.1 Å². The Morgan fingerprint density at radius 2 is 2.00 bits per heavy atom. The molecular weight excluding hydrogens is 290 g/mol. The second-order valence-electron chi connectivity index (χ2n) is 5.75. The Bertz CT molecular complexity index is 709. The number of pyridine rings is 1. The number of anilines is 2. The zero-order valence-corrected chi connectivity index (χ0v) is 13.5. The highest BCUT2D eigenvalue weighted by Gasteiger charge is 2.20. The lowest BCUT2D eigenvalue weighted by atomic mass is 10.1. The first-order chi connectivity index (χ1) is 11.1. The van der Waals surface area contributed by atoms with Gasteiger partial charge in [-0.3, -0.25) is 4.79 Å². The predicted molar refractivity (Wildman–Crippen MR) is 91.1 cm³/mol. The molecule has 0 bridgehead atoms. The highest BCUT2D eigenvalue weighted by molar-refractivity contribution is 6.07. The van der Waals surface area contributed by atoms with Crippen LogP contribution in [0.5, 0.6) is 0 Å². The number of rotatable bonds is 3. The zero-order chi connectivity index (χ0) is 16.2. The molecule has 0 saturated carbocycles. The van der Waals surface area contributed by atoms with Gasteiger partial charge < -0.3 is 15.0 Å². The van der Waals surface area contributed by atoms with Gasteiger partial charge >= 0.3 is 0 Å². The van der Waals surface area contributed by atoms with Crippen molar-refractivity contribution >= 4 is 17.4 Å². The van der Waals surface area contributed by atoms with Crippen molar-refractivity contribution in [3.63, 3.8) is 0 Å². The number of aryl methyl sites for hydroxylation is 2. The Kier molecular flexibility index (Phi) is 4.57. The van der Waals surface area contributed by atoms with Crippen molar-refractivity contribution in [3.8, 4) is 0 Å². The highest BCUT2D eigenvalue weighted by atomic mass is 16.5. The summed E-state index contributed by atoms with van der Waals surface area (Å²) in [7, 11) is 0. The number of nitrogens with zero attached hydrogens (tertiary/aromatic N) is 2. The summed E-state index contributed by atoms with van der Waals surface area (Å²) in [6, 6.07) is 9.64. The third kappa shape index (κ3) is 3.51. The summed E-state index contributed by atoms with van der Waals surface area (Å²) in [4.78, 5) is 19.2. The molecule has 1 N–H and O–H groups in total. The number of aromatic nitrogens is 1. The molecule has 1 aromatic carbocycles. The Hall–Kier alpha value is -2.40. The number of carbonyl (C=O) groups is 1. The summed E-state index contributed by atoms with van der Waals surface area (Å²) in [5.74, 6) is 0.590. The third-order valence-corrected chi connectivity index (χ3v) is 3.98. The molecule has 1 aliphatic heterocycles. The smallest absolute Gasteiger partial charge is 0.259 e. The van der Waals surface area contributed by atoms with E-state index in [-0.39, 0.29) is 5.91 Å². The topological polar surface area (TPSA) is 54.5 Å². The Labute approximate surface area is 136 Å². The van der Waals surface area contributed by atoms with Crippen molar-refractivity contribution in [2.75, 3.05) is 36.5 Å². The van der Waals surface area contributed by atoms with Gasteiger partial charge in [0.15, 0.2) is 0 Å². The number of hydrogen-bond donors (Lipinski definition) is 1. The fourth-order valence-electron chi connectivity index (χ4n) is 2.66. The summed E-state index contributed by atoms with van der Waals surface area (Å²) in [6.07, 6.45) is 1.72. The van der Waals surface area contributed by atoms with E-state index in [9.17, 15) is 4.79 Å². The maximum atomic E-state index is 12.7. The predicted octanol–water partition coefficient (Wildman–Crippen LogP) is 2.79. The average molecular weight is 311 g/mol. The minimum absolute atomic E-state index is 0.131. The molecule has 0 unspecified atom stereocenters. The number of benzene rings is 1. The molecule has 0 radical (unpaired) electrons. The van der Waals surface area contributed by atoms with Crippen LogP contribution in [0.3, 0.4) is 0 Å². The van der Waals surface area contributed by atoms with Gasteiger partial charge in [-0.2, -0.15) is 0 Å². The molecule has 1 aliphatic rings. The van der Waals surface area contributed by atoms with Gasteiger partial charge in [-0.15, -0.1) is 0 Å². The molecule has 3 rings (SSSR count). The van der Waals surface area contributed by atoms with Gasteiger partial charge in [0.1, 0.15) is 5.82 Å². The lowest BCUT2D eigenvalue weighted by Gasteiger charge is -2.29. The second kappa shape index (κ2) is 6.79. The van der Waals surface area contributed by atoms with Crippen LogP contribution in [0.25, 0.3) is 0 Å². The normalized spacial score (nSPS) is 14.6. The fourth-order valence-corrected chi connectivity index (χ4v) is 2.66. The molecule has 23 heavy (non-hydrogen) atoms. The summed E-state index contributed by atoms with van der Waals surface area (Å²) in [6.45, 7) is 6.82. The van der Waals surface area contributed by atoms with Crippen LogP contribution in [0, 0.1) is 13.8 Å². The van der Waals surface area contributed by atoms with Crippen molar-refractivity contribution in [2.24, 2.45) is 0 Å². The van der Waals surface area contributed by atoms with E-state index in [1.165, 1.54) is 0 Å². The largest absolute Gasteiger partial charge is 0.378 e. The molecule has 5 nitrogen and oxygen atoms in total. The fraction of sp³-hybridized carbons (Fsp3) is 0.333. The van der Waals surface area contributed by atoms with Crippen molar-refractivity contribution in [2.45, 2.75) is 13.8 Å². The van der Waals surface area contributed by atoms with E-state index in [0.29, 0.717) is 18.8 Å². The lowest BCUT2D eigenvalue weighted by Crippen LogP contribution is -2.38. The lowest BCUT2D eigenvalue weighted by molar-refractivity contribution is 0.102. The minimum Gasteiger partial charge on any atom is -0.378 e. The minimum atomic E-state index is -0.131. The summed E-state index contributed by atoms with van der Waals surface area (Å²) >= 11 is 0. The van der Waals surface area contributed by atoms with Crippen LogP contribution in [-0.4, -0.2) is 37.2 Å². The Morgan fingerprint density at radius 1 is 1.22 bits per heavy atom. The van der Waals surface area contributed by atoms with Crippen LogP contribution < -0.4 is 10.2 Å². The molecule has 1 saturated heterocycles. The molecule has 1 aromatic heterocycles. The summed E-state index contributed by atoms with van der Waals surface area (Å²) in [5, 5.41) is 3.01. The van der Waals surface area contributed by atoms with Crippen molar-refractivity contribution in [1.82, 2.24) is 4.98 Å². The van der Waals surface area contributed by atoms with Gasteiger partial charge in [0.2, 0.25) is 0 Å². The molecule has 1 amide bonds. The van der Waals surface area contributed by atoms with Crippen molar-refractivity contribution in [1.29, 1.82) is 0 Å². The number of morpholine rings is 1. The van der Waals surface area contributed by atoms with E-state index in [0.717, 1.165) is 35.7 Å². The first-order valence-electron chi connectivity index (χ1n) is 7.81. The van der Waals surface area contributed by atoms with E-state index in [1.807, 2.05) is 38.1 Å². The second-order valence-corrected chi connectivity index (χ2v) is 5.75. The number of carbonyl (C=O) groups excluding carboxylic acids is 1. The van der Waals surface area contributed by atoms with Crippen LogP contribution in [0.2, 0.25) is 0 Å². The van der Waals surface area contributed by atoms with E-state index < -0.39 is 0 Å². The third-order valence-electron chi connectivity index (χ3n) is 3.98. The van der Waals surface area contributed by atoms with Gasteiger partial charge in [-0.05, 0) is 43.2 Å². The number of nitrogens with one attached hydrogen (secondary N) is 1. The van der Waals surface area contributed by atoms with Crippen LogP contribution in [0.1, 0.15) is 21.5 Å². The molecule has 120 valence electrons. The Morgan fingerprint density at radius 3 is 2.78 bits per heavy atom. The highest BCUT2D eigenvalue weighted by Crippen LogP contribution is 2.22. The van der Waals surface area contributed by atoms with E-state index in [2.05, 4.69) is 15.2 Å².